The summed E-state index contributed by atoms with van der Waals surface area (Å²) in [4.78, 5) is 41.8. The molecule has 0 radical (unpaired) electrons. The van der Waals surface area contributed by atoms with Gasteiger partial charge in [0.25, 0.3) is 11.6 Å². The fraction of sp³-hybridized carbons (Fsp3) is 0.381. The number of likely N-dealkylation sites (tertiary alicyclic amines) is 1. The number of rotatable bonds is 7. The normalized spacial score (nSPS) is 14.2. The van der Waals surface area contributed by atoms with Gasteiger partial charge in [0.1, 0.15) is 5.69 Å². The predicted molar refractivity (Wildman–Crippen MR) is 112 cm³/mol. The first kappa shape index (κ1) is 21.2. The molecule has 1 aromatic heterocycles. The van der Waals surface area contributed by atoms with Gasteiger partial charge in [-0.3, -0.25) is 24.7 Å². The third-order valence-corrected chi connectivity index (χ3v) is 5.27. The monoisotopic (exact) mass is 411 g/mol. The van der Waals surface area contributed by atoms with E-state index in [1.54, 1.807) is 24.2 Å². The minimum absolute atomic E-state index is 0.00737. The van der Waals surface area contributed by atoms with E-state index in [0.29, 0.717) is 44.6 Å². The van der Waals surface area contributed by atoms with Crippen molar-refractivity contribution in [3.05, 3.63) is 64.0 Å². The summed E-state index contributed by atoms with van der Waals surface area (Å²) in [5.41, 5.74) is 1.43. The van der Waals surface area contributed by atoms with Gasteiger partial charge in [-0.1, -0.05) is 6.07 Å². The van der Waals surface area contributed by atoms with Crippen LogP contribution in [0.1, 0.15) is 28.9 Å². The summed E-state index contributed by atoms with van der Waals surface area (Å²) in [6, 6.07) is 10.1. The van der Waals surface area contributed by atoms with Crippen LogP contribution in [0.25, 0.3) is 0 Å². The molecule has 3 rings (SSSR count). The fourth-order valence-corrected chi connectivity index (χ4v) is 3.56. The quantitative estimate of drug-likeness (QED) is 0.533. The van der Waals surface area contributed by atoms with Crippen LogP contribution in [-0.2, 0) is 11.2 Å². The van der Waals surface area contributed by atoms with Crippen LogP contribution in [0, 0.1) is 16.0 Å². The highest BCUT2D eigenvalue weighted by Crippen LogP contribution is 2.27. The van der Waals surface area contributed by atoms with Gasteiger partial charge in [0, 0.05) is 62.5 Å². The van der Waals surface area contributed by atoms with E-state index in [2.05, 4.69) is 15.6 Å². The van der Waals surface area contributed by atoms with Crippen molar-refractivity contribution in [2.75, 3.05) is 32.0 Å². The van der Waals surface area contributed by atoms with Gasteiger partial charge in [0.05, 0.1) is 4.92 Å². The first-order valence-electron chi connectivity index (χ1n) is 9.92. The molecule has 0 aliphatic carbocycles. The van der Waals surface area contributed by atoms with E-state index in [0.717, 1.165) is 5.69 Å². The van der Waals surface area contributed by atoms with E-state index in [4.69, 9.17) is 0 Å². The van der Waals surface area contributed by atoms with Crippen LogP contribution >= 0.6 is 0 Å². The van der Waals surface area contributed by atoms with Gasteiger partial charge < -0.3 is 15.5 Å². The topological polar surface area (TPSA) is 117 Å². The van der Waals surface area contributed by atoms with Crippen molar-refractivity contribution in [3.63, 3.8) is 0 Å². The van der Waals surface area contributed by atoms with Crippen LogP contribution in [0.15, 0.2) is 42.6 Å². The molecule has 0 atom stereocenters. The smallest absolute Gasteiger partial charge is 0.293 e. The minimum Gasteiger partial charge on any atom is -0.383 e. The molecule has 1 aromatic carbocycles. The van der Waals surface area contributed by atoms with Crippen molar-refractivity contribution in [2.45, 2.75) is 19.3 Å². The Kier molecular flexibility index (Phi) is 6.95. The Balaban J connectivity index is 1.51. The molecule has 30 heavy (non-hydrogen) atoms. The van der Waals surface area contributed by atoms with Crippen LogP contribution in [0.3, 0.4) is 0 Å². The molecule has 0 spiro atoms. The van der Waals surface area contributed by atoms with E-state index in [1.807, 2.05) is 18.2 Å². The maximum atomic E-state index is 12.8. The summed E-state index contributed by atoms with van der Waals surface area (Å²) < 4.78 is 0. The molecular weight excluding hydrogens is 386 g/mol. The second kappa shape index (κ2) is 9.82. The Morgan fingerprint density at radius 3 is 2.63 bits per heavy atom. The molecule has 0 unspecified atom stereocenters. The maximum Gasteiger partial charge on any atom is 0.293 e. The molecule has 2 N–H and O–H groups in total. The fourth-order valence-electron chi connectivity index (χ4n) is 3.56. The predicted octanol–water partition coefficient (Wildman–Crippen LogP) is 2.24. The molecule has 1 aliphatic rings. The van der Waals surface area contributed by atoms with Crippen LogP contribution < -0.4 is 10.6 Å². The lowest BCUT2D eigenvalue weighted by atomic mass is 9.95. The first-order chi connectivity index (χ1) is 14.5. The summed E-state index contributed by atoms with van der Waals surface area (Å²) in [5, 5.41) is 16.9. The van der Waals surface area contributed by atoms with Gasteiger partial charge in [-0.2, -0.15) is 0 Å². The highest BCUT2D eigenvalue weighted by atomic mass is 16.6. The number of piperidine rings is 1. The first-order valence-corrected chi connectivity index (χ1v) is 9.92. The molecule has 1 saturated heterocycles. The molecule has 0 saturated carbocycles. The average molecular weight is 411 g/mol. The summed E-state index contributed by atoms with van der Waals surface area (Å²) in [6.45, 7) is 1.41. The molecule has 9 heteroatoms. The van der Waals surface area contributed by atoms with Gasteiger partial charge in [-0.05, 0) is 37.1 Å². The molecule has 2 heterocycles. The summed E-state index contributed by atoms with van der Waals surface area (Å²) >= 11 is 0. The SMILES string of the molecule is CNc1ccc(C(=O)N2CCC(C(=O)NCCc3ccccn3)CC2)cc1[N+](=O)[O-]. The second-order valence-electron chi connectivity index (χ2n) is 7.17. The van der Waals surface area contributed by atoms with E-state index in [1.165, 1.54) is 12.1 Å². The number of nitro groups is 1. The molecule has 2 amide bonds. The number of hydrogen-bond acceptors (Lipinski definition) is 6. The zero-order valence-electron chi connectivity index (χ0n) is 16.8. The van der Waals surface area contributed by atoms with Gasteiger partial charge in [0.2, 0.25) is 5.91 Å². The average Bonchev–Trinajstić information content (AvgIpc) is 2.78. The Morgan fingerprint density at radius 2 is 2.00 bits per heavy atom. The van der Waals surface area contributed by atoms with Crippen molar-refractivity contribution in [2.24, 2.45) is 5.92 Å². The Hall–Kier alpha value is -3.49. The number of carbonyl (C=O) groups is 2. The largest absolute Gasteiger partial charge is 0.383 e. The van der Waals surface area contributed by atoms with E-state index in [-0.39, 0.29) is 29.0 Å². The molecule has 1 fully saturated rings. The van der Waals surface area contributed by atoms with Crippen molar-refractivity contribution < 1.29 is 14.5 Å². The van der Waals surface area contributed by atoms with E-state index < -0.39 is 4.92 Å². The summed E-state index contributed by atoms with van der Waals surface area (Å²) in [5.74, 6) is -0.402. The number of aromatic nitrogens is 1. The number of nitro benzene ring substituents is 1. The third-order valence-electron chi connectivity index (χ3n) is 5.27. The number of anilines is 1. The number of carbonyl (C=O) groups excluding carboxylic acids is 2. The Labute approximate surface area is 174 Å². The highest BCUT2D eigenvalue weighted by Gasteiger charge is 2.28. The molecular formula is C21H25N5O4. The zero-order chi connectivity index (χ0) is 21.5. The lowest BCUT2D eigenvalue weighted by Gasteiger charge is -2.31. The molecule has 158 valence electrons. The van der Waals surface area contributed by atoms with Gasteiger partial charge in [-0.25, -0.2) is 0 Å². The number of pyridine rings is 1. The van der Waals surface area contributed by atoms with Crippen molar-refractivity contribution >= 4 is 23.2 Å². The van der Waals surface area contributed by atoms with Gasteiger partial charge in [0.15, 0.2) is 0 Å². The molecule has 2 aromatic rings. The lowest BCUT2D eigenvalue weighted by Crippen LogP contribution is -2.43. The number of nitrogens with one attached hydrogen (secondary N) is 2. The van der Waals surface area contributed by atoms with Gasteiger partial charge >= 0.3 is 0 Å². The lowest BCUT2D eigenvalue weighted by molar-refractivity contribution is -0.384. The number of hydrogen-bond donors (Lipinski definition) is 2. The standard InChI is InChI=1S/C21H25N5O4/c1-22-18-6-5-16(14-19(18)26(29)30)21(28)25-12-8-15(9-13-25)20(27)24-11-7-17-4-2-3-10-23-17/h2-6,10,14-15,22H,7-9,11-13H2,1H3,(H,24,27). The van der Waals surface area contributed by atoms with Crippen molar-refractivity contribution in [1.29, 1.82) is 0 Å². The van der Waals surface area contributed by atoms with Crippen LogP contribution in [0.2, 0.25) is 0 Å². The Bertz CT molecular complexity index is 911. The summed E-state index contributed by atoms with van der Waals surface area (Å²) in [7, 11) is 1.59. The molecule has 1 aliphatic heterocycles. The Morgan fingerprint density at radius 1 is 1.23 bits per heavy atom. The zero-order valence-corrected chi connectivity index (χ0v) is 16.8. The number of nitrogens with zero attached hydrogens (tertiary/aromatic N) is 3. The molecule has 9 nitrogen and oxygen atoms in total. The third kappa shape index (κ3) is 5.11. The van der Waals surface area contributed by atoms with Gasteiger partial charge in [-0.15, -0.1) is 0 Å². The van der Waals surface area contributed by atoms with E-state index in [9.17, 15) is 19.7 Å². The molecule has 0 bridgehead atoms. The van der Waals surface area contributed by atoms with Crippen molar-refractivity contribution in [1.82, 2.24) is 15.2 Å². The van der Waals surface area contributed by atoms with Crippen molar-refractivity contribution in [3.8, 4) is 0 Å². The van der Waals surface area contributed by atoms with E-state index >= 15 is 0 Å². The minimum atomic E-state index is -0.510. The second-order valence-corrected chi connectivity index (χ2v) is 7.17. The van der Waals surface area contributed by atoms with Crippen LogP contribution in [-0.4, -0.2) is 53.3 Å². The number of benzene rings is 1. The maximum absolute atomic E-state index is 12.8. The van der Waals surface area contributed by atoms with Crippen LogP contribution in [0.4, 0.5) is 11.4 Å². The number of amides is 2. The van der Waals surface area contributed by atoms with Crippen LogP contribution in [0.5, 0.6) is 0 Å². The highest BCUT2D eigenvalue weighted by molar-refractivity contribution is 5.96. The summed E-state index contributed by atoms with van der Waals surface area (Å²) in [6.07, 6.45) is 3.53.